The Labute approximate surface area is 113 Å². The van der Waals surface area contributed by atoms with Gasteiger partial charge in [-0.25, -0.2) is 0 Å². The normalized spacial score (nSPS) is 12.2. The molecule has 1 heterocycles. The number of carbonyl (C=O) groups excluding carboxylic acids is 1. The van der Waals surface area contributed by atoms with Crippen LogP contribution in [-0.4, -0.2) is 35.0 Å². The SMILES string of the molecule is CCc1cc(C)c(C(=O)N(CC)CC(C)C(=O)O)o1. The van der Waals surface area contributed by atoms with Gasteiger partial charge in [-0.3, -0.25) is 9.59 Å². The lowest BCUT2D eigenvalue weighted by Crippen LogP contribution is -2.36. The largest absolute Gasteiger partial charge is 0.481 e. The number of hydrogen-bond acceptors (Lipinski definition) is 3. The number of carbonyl (C=O) groups is 2. The highest BCUT2D eigenvalue weighted by Crippen LogP contribution is 2.18. The number of aliphatic carboxylic acids is 1. The summed E-state index contributed by atoms with van der Waals surface area (Å²) in [5, 5.41) is 8.91. The minimum Gasteiger partial charge on any atom is -0.481 e. The predicted octanol–water partition coefficient (Wildman–Crippen LogP) is 2.33. The molecule has 5 nitrogen and oxygen atoms in total. The lowest BCUT2D eigenvalue weighted by Gasteiger charge is -2.22. The van der Waals surface area contributed by atoms with Gasteiger partial charge < -0.3 is 14.4 Å². The first-order valence-corrected chi connectivity index (χ1v) is 6.52. The number of hydrogen-bond donors (Lipinski definition) is 1. The molecule has 1 aromatic rings. The van der Waals surface area contributed by atoms with E-state index < -0.39 is 11.9 Å². The first-order valence-electron chi connectivity index (χ1n) is 6.52. The standard InChI is InChI=1S/C14H21NO4/c1-5-11-7-9(3)12(19-11)13(16)15(6-2)8-10(4)14(17)18/h7,10H,5-6,8H2,1-4H3,(H,17,18). The number of aryl methyl sites for hydroxylation is 2. The molecular weight excluding hydrogens is 246 g/mol. The molecule has 1 aromatic heterocycles. The summed E-state index contributed by atoms with van der Waals surface area (Å²) < 4.78 is 5.51. The molecule has 1 atom stereocenters. The summed E-state index contributed by atoms with van der Waals surface area (Å²) in [5.41, 5.74) is 0.795. The van der Waals surface area contributed by atoms with Crippen LogP contribution in [0.1, 0.15) is 42.6 Å². The molecule has 106 valence electrons. The highest BCUT2D eigenvalue weighted by atomic mass is 16.4. The number of rotatable bonds is 6. The fraction of sp³-hybridized carbons (Fsp3) is 0.571. The first kappa shape index (κ1) is 15.3. The third-order valence-corrected chi connectivity index (χ3v) is 3.10. The van der Waals surface area contributed by atoms with Gasteiger partial charge in [-0.2, -0.15) is 0 Å². The Bertz CT molecular complexity index is 464. The average molecular weight is 267 g/mol. The van der Waals surface area contributed by atoms with Crippen molar-refractivity contribution in [1.82, 2.24) is 4.90 Å². The molecule has 0 saturated heterocycles. The zero-order valence-corrected chi connectivity index (χ0v) is 11.9. The summed E-state index contributed by atoms with van der Waals surface area (Å²) >= 11 is 0. The van der Waals surface area contributed by atoms with Crippen molar-refractivity contribution in [2.45, 2.75) is 34.1 Å². The van der Waals surface area contributed by atoms with Gasteiger partial charge in [-0.15, -0.1) is 0 Å². The minimum absolute atomic E-state index is 0.187. The number of furan rings is 1. The Morgan fingerprint density at radius 1 is 1.42 bits per heavy atom. The van der Waals surface area contributed by atoms with Crippen LogP contribution in [0.15, 0.2) is 10.5 Å². The molecule has 0 aromatic carbocycles. The summed E-state index contributed by atoms with van der Waals surface area (Å²) in [5.74, 6) is -0.659. The third-order valence-electron chi connectivity index (χ3n) is 3.10. The highest BCUT2D eigenvalue weighted by molar-refractivity contribution is 5.93. The van der Waals surface area contributed by atoms with Gasteiger partial charge in [0.1, 0.15) is 5.76 Å². The Kier molecular flexibility index (Phi) is 5.15. The van der Waals surface area contributed by atoms with Gasteiger partial charge in [0, 0.05) is 25.1 Å². The zero-order chi connectivity index (χ0) is 14.6. The number of amides is 1. The minimum atomic E-state index is -0.906. The predicted molar refractivity (Wildman–Crippen MR) is 71.2 cm³/mol. The van der Waals surface area contributed by atoms with E-state index in [4.69, 9.17) is 9.52 Å². The average Bonchev–Trinajstić information content (AvgIpc) is 2.75. The van der Waals surface area contributed by atoms with Crippen LogP contribution in [0.3, 0.4) is 0 Å². The van der Waals surface area contributed by atoms with Crippen molar-refractivity contribution in [3.63, 3.8) is 0 Å². The van der Waals surface area contributed by atoms with Crippen LogP contribution < -0.4 is 0 Å². The second-order valence-electron chi connectivity index (χ2n) is 4.66. The Hall–Kier alpha value is -1.78. The quantitative estimate of drug-likeness (QED) is 0.858. The van der Waals surface area contributed by atoms with Crippen molar-refractivity contribution in [1.29, 1.82) is 0 Å². The van der Waals surface area contributed by atoms with Crippen LogP contribution in [-0.2, 0) is 11.2 Å². The van der Waals surface area contributed by atoms with Crippen molar-refractivity contribution < 1.29 is 19.1 Å². The molecule has 0 spiro atoms. The smallest absolute Gasteiger partial charge is 0.308 e. The molecule has 1 rings (SSSR count). The second kappa shape index (κ2) is 6.41. The van der Waals surface area contributed by atoms with Crippen molar-refractivity contribution in [2.75, 3.05) is 13.1 Å². The molecule has 0 saturated carbocycles. The number of nitrogens with zero attached hydrogens (tertiary/aromatic N) is 1. The Morgan fingerprint density at radius 2 is 2.05 bits per heavy atom. The number of carboxylic acids is 1. The van der Waals surface area contributed by atoms with Gasteiger partial charge in [0.25, 0.3) is 5.91 Å². The number of carboxylic acid groups (broad SMARTS) is 1. The van der Waals surface area contributed by atoms with Gasteiger partial charge in [-0.1, -0.05) is 13.8 Å². The molecule has 0 radical (unpaired) electrons. The third kappa shape index (κ3) is 3.59. The van der Waals surface area contributed by atoms with Gasteiger partial charge in [0.15, 0.2) is 5.76 Å². The van der Waals surface area contributed by atoms with Crippen LogP contribution in [0.2, 0.25) is 0 Å². The van der Waals surface area contributed by atoms with E-state index in [9.17, 15) is 9.59 Å². The van der Waals surface area contributed by atoms with Crippen molar-refractivity contribution in [2.24, 2.45) is 5.92 Å². The van der Waals surface area contributed by atoms with Crippen LogP contribution >= 0.6 is 0 Å². The fourth-order valence-electron chi connectivity index (χ4n) is 1.84. The molecule has 0 aliphatic heterocycles. The lowest BCUT2D eigenvalue weighted by atomic mass is 10.1. The van der Waals surface area contributed by atoms with Crippen LogP contribution in [0.25, 0.3) is 0 Å². The van der Waals surface area contributed by atoms with E-state index in [0.717, 1.165) is 17.7 Å². The summed E-state index contributed by atoms with van der Waals surface area (Å²) in [6.07, 6.45) is 0.728. The van der Waals surface area contributed by atoms with Crippen LogP contribution in [0, 0.1) is 12.8 Å². The molecular formula is C14H21NO4. The van der Waals surface area contributed by atoms with Crippen LogP contribution in [0.5, 0.6) is 0 Å². The van der Waals surface area contributed by atoms with Crippen molar-refractivity contribution in [3.8, 4) is 0 Å². The highest BCUT2D eigenvalue weighted by Gasteiger charge is 2.24. The summed E-state index contributed by atoms with van der Waals surface area (Å²) in [4.78, 5) is 24.7. The topological polar surface area (TPSA) is 70.8 Å². The van der Waals surface area contributed by atoms with E-state index in [1.165, 1.54) is 4.90 Å². The monoisotopic (exact) mass is 267 g/mol. The maximum absolute atomic E-state index is 12.3. The maximum atomic E-state index is 12.3. The Balaban J connectivity index is 2.88. The van der Waals surface area contributed by atoms with Gasteiger partial charge >= 0.3 is 5.97 Å². The second-order valence-corrected chi connectivity index (χ2v) is 4.66. The summed E-state index contributed by atoms with van der Waals surface area (Å²) in [7, 11) is 0. The van der Waals surface area contributed by atoms with Gasteiger partial charge in [0.2, 0.25) is 0 Å². The van der Waals surface area contributed by atoms with Crippen molar-refractivity contribution >= 4 is 11.9 Å². The molecule has 0 aliphatic carbocycles. The summed E-state index contributed by atoms with van der Waals surface area (Å²) in [6, 6.07) is 1.85. The molecule has 1 N–H and O–H groups in total. The molecule has 0 fully saturated rings. The maximum Gasteiger partial charge on any atom is 0.308 e. The molecule has 1 amide bonds. The zero-order valence-electron chi connectivity index (χ0n) is 11.9. The summed E-state index contributed by atoms with van der Waals surface area (Å²) in [6.45, 7) is 7.83. The molecule has 5 heteroatoms. The Morgan fingerprint density at radius 3 is 2.47 bits per heavy atom. The van der Waals surface area contributed by atoms with E-state index in [1.54, 1.807) is 6.92 Å². The van der Waals surface area contributed by atoms with E-state index in [-0.39, 0.29) is 12.5 Å². The molecule has 0 bridgehead atoms. The van der Waals surface area contributed by atoms with E-state index >= 15 is 0 Å². The fourth-order valence-corrected chi connectivity index (χ4v) is 1.84. The molecule has 0 aliphatic rings. The van der Waals surface area contributed by atoms with E-state index in [0.29, 0.717) is 12.3 Å². The molecule has 19 heavy (non-hydrogen) atoms. The van der Waals surface area contributed by atoms with Crippen LogP contribution in [0.4, 0.5) is 0 Å². The molecule has 1 unspecified atom stereocenters. The van der Waals surface area contributed by atoms with Gasteiger partial charge in [-0.05, 0) is 19.9 Å². The van der Waals surface area contributed by atoms with Gasteiger partial charge in [0.05, 0.1) is 5.92 Å². The first-order chi connectivity index (χ1) is 8.90. The van der Waals surface area contributed by atoms with Crippen molar-refractivity contribution in [3.05, 3.63) is 23.2 Å². The lowest BCUT2D eigenvalue weighted by molar-refractivity contribution is -0.141. The van der Waals surface area contributed by atoms with E-state index in [2.05, 4.69) is 0 Å². The van der Waals surface area contributed by atoms with E-state index in [1.807, 2.05) is 26.8 Å².